The van der Waals surface area contributed by atoms with Crippen molar-refractivity contribution >= 4 is 41.0 Å². The number of anilines is 1. The summed E-state index contributed by atoms with van der Waals surface area (Å²) in [5, 5.41) is 2.26. The molecular weight excluding hydrogens is 377 g/mol. The number of rotatable bonds is 4. The van der Waals surface area contributed by atoms with E-state index in [4.69, 9.17) is 11.6 Å². The lowest BCUT2D eigenvalue weighted by Crippen LogP contribution is -2.46. The molecule has 1 N–H and O–H groups in total. The second-order valence-electron chi connectivity index (χ2n) is 6.86. The minimum atomic E-state index is -1.01. The van der Waals surface area contributed by atoms with E-state index in [9.17, 15) is 23.6 Å². The fourth-order valence-corrected chi connectivity index (χ4v) is 3.73. The number of benzene rings is 1. The molecule has 0 spiro atoms. The van der Waals surface area contributed by atoms with Crippen molar-refractivity contribution in [2.45, 2.75) is 38.6 Å². The SMILES string of the molecule is C[C@@H]1CCCC[C@H]1N1C(=O)C(=O)N(CC(=O)Nc2ccc(F)c(Cl)c2)C1=O. The van der Waals surface area contributed by atoms with Crippen LogP contribution in [0.25, 0.3) is 0 Å². The molecule has 5 amide bonds. The second-order valence-corrected chi connectivity index (χ2v) is 7.26. The Labute approximate surface area is 160 Å². The number of imide groups is 2. The summed E-state index contributed by atoms with van der Waals surface area (Å²) in [7, 11) is 0. The summed E-state index contributed by atoms with van der Waals surface area (Å²) in [5.41, 5.74) is 0.217. The third-order valence-electron chi connectivity index (χ3n) is 4.99. The number of urea groups is 1. The van der Waals surface area contributed by atoms with E-state index in [1.807, 2.05) is 6.92 Å². The fourth-order valence-electron chi connectivity index (χ4n) is 3.55. The van der Waals surface area contributed by atoms with Gasteiger partial charge in [0.2, 0.25) is 5.91 Å². The van der Waals surface area contributed by atoms with Crippen LogP contribution in [0.3, 0.4) is 0 Å². The van der Waals surface area contributed by atoms with E-state index in [2.05, 4.69) is 5.32 Å². The largest absolute Gasteiger partial charge is 0.334 e. The lowest BCUT2D eigenvalue weighted by molar-refractivity contribution is -0.145. The minimum Gasteiger partial charge on any atom is -0.324 e. The number of hydrogen-bond donors (Lipinski definition) is 1. The molecule has 7 nitrogen and oxygen atoms in total. The molecule has 1 aliphatic carbocycles. The van der Waals surface area contributed by atoms with Crippen molar-refractivity contribution in [1.29, 1.82) is 0 Å². The Hall–Kier alpha value is -2.48. The van der Waals surface area contributed by atoms with Crippen LogP contribution >= 0.6 is 11.6 Å². The Morgan fingerprint density at radius 2 is 1.93 bits per heavy atom. The molecule has 3 rings (SSSR count). The maximum Gasteiger partial charge on any atom is 0.334 e. The molecule has 0 bridgehead atoms. The molecule has 0 radical (unpaired) electrons. The number of carbonyl (C=O) groups is 4. The van der Waals surface area contributed by atoms with Crippen LogP contribution in [-0.4, -0.2) is 46.1 Å². The number of nitrogens with one attached hydrogen (secondary N) is 1. The Morgan fingerprint density at radius 3 is 2.59 bits per heavy atom. The van der Waals surface area contributed by atoms with Crippen LogP contribution in [0.1, 0.15) is 32.6 Å². The summed E-state index contributed by atoms with van der Waals surface area (Å²) in [5.74, 6) is -3.12. The van der Waals surface area contributed by atoms with Crippen molar-refractivity contribution in [2.75, 3.05) is 11.9 Å². The highest BCUT2D eigenvalue weighted by atomic mass is 35.5. The number of halogens is 2. The van der Waals surface area contributed by atoms with Gasteiger partial charge in [-0.1, -0.05) is 31.4 Å². The molecule has 2 fully saturated rings. The average Bonchev–Trinajstić information content (AvgIpc) is 2.82. The molecule has 2 aliphatic rings. The molecule has 1 aliphatic heterocycles. The molecule has 144 valence electrons. The molecule has 1 heterocycles. The Kier molecular flexibility index (Phi) is 5.46. The zero-order chi connectivity index (χ0) is 19.7. The normalized spacial score (nSPS) is 23.1. The van der Waals surface area contributed by atoms with Crippen LogP contribution in [-0.2, 0) is 14.4 Å². The lowest BCUT2D eigenvalue weighted by atomic mass is 9.85. The predicted octanol–water partition coefficient (Wildman–Crippen LogP) is 2.79. The molecule has 1 saturated heterocycles. The predicted molar refractivity (Wildman–Crippen MR) is 95.4 cm³/mol. The minimum absolute atomic E-state index is 0.106. The maximum absolute atomic E-state index is 13.2. The van der Waals surface area contributed by atoms with Crippen LogP contribution in [0.4, 0.5) is 14.9 Å². The van der Waals surface area contributed by atoms with Crippen molar-refractivity contribution in [3.05, 3.63) is 29.0 Å². The van der Waals surface area contributed by atoms with E-state index in [1.165, 1.54) is 12.1 Å². The highest BCUT2D eigenvalue weighted by Gasteiger charge is 2.49. The van der Waals surface area contributed by atoms with E-state index < -0.39 is 36.1 Å². The standard InChI is InChI=1S/C18H19ClFN3O4/c1-10-4-2-3-5-14(10)23-17(26)16(25)22(18(23)27)9-15(24)21-11-6-7-13(20)12(19)8-11/h6-8,10,14H,2-5,9H2,1H3,(H,21,24)/t10-,14-/m1/s1. The highest BCUT2D eigenvalue weighted by molar-refractivity contribution is 6.45. The van der Waals surface area contributed by atoms with E-state index in [-0.39, 0.29) is 22.7 Å². The smallest absolute Gasteiger partial charge is 0.324 e. The van der Waals surface area contributed by atoms with Crippen molar-refractivity contribution < 1.29 is 23.6 Å². The van der Waals surface area contributed by atoms with Crippen molar-refractivity contribution in [2.24, 2.45) is 5.92 Å². The van der Waals surface area contributed by atoms with Gasteiger partial charge >= 0.3 is 17.8 Å². The number of amides is 5. The van der Waals surface area contributed by atoms with Crippen LogP contribution in [0.15, 0.2) is 18.2 Å². The molecule has 1 aromatic carbocycles. The summed E-state index contributed by atoms with van der Waals surface area (Å²) in [6.45, 7) is 1.35. The molecule has 0 aromatic heterocycles. The first-order valence-electron chi connectivity index (χ1n) is 8.73. The van der Waals surface area contributed by atoms with Crippen LogP contribution in [0, 0.1) is 11.7 Å². The quantitative estimate of drug-likeness (QED) is 0.627. The molecule has 0 unspecified atom stereocenters. The van der Waals surface area contributed by atoms with Gasteiger partial charge in [0.1, 0.15) is 12.4 Å². The van der Waals surface area contributed by atoms with Gasteiger partial charge in [-0.2, -0.15) is 0 Å². The Balaban J connectivity index is 1.70. The zero-order valence-electron chi connectivity index (χ0n) is 14.7. The van der Waals surface area contributed by atoms with Crippen LogP contribution < -0.4 is 5.32 Å². The van der Waals surface area contributed by atoms with Gasteiger partial charge in [-0.3, -0.25) is 19.3 Å². The monoisotopic (exact) mass is 395 g/mol. The highest BCUT2D eigenvalue weighted by Crippen LogP contribution is 2.31. The molecule has 2 atom stereocenters. The summed E-state index contributed by atoms with van der Waals surface area (Å²) in [4.78, 5) is 51.0. The van der Waals surface area contributed by atoms with Gasteiger partial charge in [0.15, 0.2) is 0 Å². The van der Waals surface area contributed by atoms with Gasteiger partial charge in [-0.05, 0) is 37.0 Å². The van der Waals surface area contributed by atoms with Crippen molar-refractivity contribution in [3.8, 4) is 0 Å². The van der Waals surface area contributed by atoms with Gasteiger partial charge in [0.25, 0.3) is 0 Å². The van der Waals surface area contributed by atoms with Crippen molar-refractivity contribution in [3.63, 3.8) is 0 Å². The number of hydrogen-bond acceptors (Lipinski definition) is 4. The van der Waals surface area contributed by atoms with Gasteiger partial charge in [0.05, 0.1) is 5.02 Å². The lowest BCUT2D eigenvalue weighted by Gasteiger charge is -2.34. The second kappa shape index (κ2) is 7.64. The third-order valence-corrected chi connectivity index (χ3v) is 5.28. The van der Waals surface area contributed by atoms with Gasteiger partial charge in [-0.15, -0.1) is 0 Å². The van der Waals surface area contributed by atoms with Crippen molar-refractivity contribution in [1.82, 2.24) is 9.80 Å². The summed E-state index contributed by atoms with van der Waals surface area (Å²) >= 11 is 5.66. The third kappa shape index (κ3) is 3.80. The van der Waals surface area contributed by atoms with Gasteiger partial charge in [0, 0.05) is 11.7 Å². The van der Waals surface area contributed by atoms with E-state index >= 15 is 0 Å². The Bertz CT molecular complexity index is 816. The molecule has 9 heteroatoms. The van der Waals surface area contributed by atoms with Gasteiger partial charge < -0.3 is 5.32 Å². The fraction of sp³-hybridized carbons (Fsp3) is 0.444. The Morgan fingerprint density at radius 1 is 1.22 bits per heavy atom. The summed E-state index contributed by atoms with van der Waals surface area (Å²) < 4.78 is 13.2. The van der Waals surface area contributed by atoms with E-state index in [0.29, 0.717) is 11.3 Å². The molecule has 27 heavy (non-hydrogen) atoms. The molecule has 1 aromatic rings. The first-order valence-corrected chi connectivity index (χ1v) is 9.11. The first-order chi connectivity index (χ1) is 12.8. The average molecular weight is 396 g/mol. The van der Waals surface area contributed by atoms with E-state index in [0.717, 1.165) is 30.2 Å². The molecular formula is C18H19ClFN3O4. The van der Waals surface area contributed by atoms with Crippen LogP contribution in [0.5, 0.6) is 0 Å². The molecule has 1 saturated carbocycles. The number of carbonyl (C=O) groups excluding carboxylic acids is 4. The topological polar surface area (TPSA) is 86.8 Å². The van der Waals surface area contributed by atoms with E-state index in [1.54, 1.807) is 0 Å². The summed E-state index contributed by atoms with van der Waals surface area (Å²) in [6.07, 6.45) is 3.43. The first kappa shape index (κ1) is 19.3. The van der Waals surface area contributed by atoms with Gasteiger partial charge in [-0.25, -0.2) is 14.1 Å². The summed E-state index contributed by atoms with van der Waals surface area (Å²) in [6, 6.07) is 2.50. The maximum atomic E-state index is 13.2. The zero-order valence-corrected chi connectivity index (χ0v) is 15.5. The van der Waals surface area contributed by atoms with Crippen LogP contribution in [0.2, 0.25) is 5.02 Å². The number of nitrogens with zero attached hydrogens (tertiary/aromatic N) is 2.